The second kappa shape index (κ2) is 11.7. The highest BCUT2D eigenvalue weighted by Gasteiger charge is 2.43. The molecule has 3 amide bonds. The van der Waals surface area contributed by atoms with Crippen molar-refractivity contribution in [2.24, 2.45) is 0 Å². The van der Waals surface area contributed by atoms with Crippen molar-refractivity contribution < 1.29 is 29.0 Å². The van der Waals surface area contributed by atoms with Gasteiger partial charge >= 0.3 is 12.1 Å². The molecule has 0 saturated carbocycles. The Morgan fingerprint density at radius 2 is 1.50 bits per heavy atom. The number of para-hydroxylation sites is 1. The third-order valence-corrected chi connectivity index (χ3v) is 7.58. The van der Waals surface area contributed by atoms with E-state index < -0.39 is 47.6 Å². The molecule has 0 aromatic heterocycles. The monoisotopic (exact) mass is 569 g/mol. The molecular weight excluding hydrogens is 534 g/mol. The van der Waals surface area contributed by atoms with Crippen LogP contribution in [-0.4, -0.2) is 51.6 Å². The van der Waals surface area contributed by atoms with Crippen LogP contribution < -0.4 is 10.2 Å². The molecule has 0 fully saturated rings. The Balaban J connectivity index is 1.47. The number of carbonyl (C=O) groups excluding carboxylic acids is 3. The molecule has 9 heteroatoms. The smallest absolute Gasteiger partial charge is 0.415 e. The Labute approximate surface area is 245 Å². The number of anilines is 1. The van der Waals surface area contributed by atoms with Crippen LogP contribution in [-0.2, 0) is 38.5 Å². The van der Waals surface area contributed by atoms with Gasteiger partial charge in [-0.1, -0.05) is 72.8 Å². The first-order valence-electron chi connectivity index (χ1n) is 14.1. The predicted octanol–water partition coefficient (Wildman–Crippen LogP) is 4.64. The fourth-order valence-electron chi connectivity index (χ4n) is 5.70. The van der Waals surface area contributed by atoms with Gasteiger partial charge in [0, 0.05) is 19.0 Å². The van der Waals surface area contributed by atoms with Gasteiger partial charge in [-0.2, -0.15) is 0 Å². The van der Waals surface area contributed by atoms with Gasteiger partial charge in [0.1, 0.15) is 17.7 Å². The van der Waals surface area contributed by atoms with E-state index in [0.29, 0.717) is 17.7 Å². The highest BCUT2D eigenvalue weighted by atomic mass is 16.6. The van der Waals surface area contributed by atoms with Gasteiger partial charge in [-0.15, -0.1) is 0 Å². The van der Waals surface area contributed by atoms with Crippen molar-refractivity contribution in [2.75, 3.05) is 4.90 Å². The second-order valence-electron chi connectivity index (χ2n) is 11.7. The van der Waals surface area contributed by atoms with Crippen LogP contribution in [0.2, 0.25) is 0 Å². The summed E-state index contributed by atoms with van der Waals surface area (Å²) in [5.41, 5.74) is 3.13. The van der Waals surface area contributed by atoms with Crippen LogP contribution in [0, 0.1) is 0 Å². The van der Waals surface area contributed by atoms with Crippen LogP contribution in [0.25, 0.3) is 0 Å². The minimum absolute atomic E-state index is 0.222. The van der Waals surface area contributed by atoms with Crippen LogP contribution in [0.1, 0.15) is 55.5 Å². The number of hydrogen-bond donors (Lipinski definition) is 2. The molecule has 2 aliphatic rings. The lowest BCUT2D eigenvalue weighted by Gasteiger charge is -2.39. The van der Waals surface area contributed by atoms with E-state index in [2.05, 4.69) is 5.32 Å². The summed E-state index contributed by atoms with van der Waals surface area (Å²) in [6, 6.07) is 21.2. The van der Waals surface area contributed by atoms with Gasteiger partial charge in [-0.05, 0) is 55.5 Å². The van der Waals surface area contributed by atoms with E-state index in [4.69, 9.17) is 4.74 Å². The molecule has 0 saturated heterocycles. The first-order chi connectivity index (χ1) is 20.0. The summed E-state index contributed by atoms with van der Waals surface area (Å²) in [6.45, 7) is 5.51. The molecule has 2 N–H and O–H groups in total. The van der Waals surface area contributed by atoms with Crippen molar-refractivity contribution in [3.05, 3.63) is 101 Å². The van der Waals surface area contributed by atoms with Crippen molar-refractivity contribution in [1.82, 2.24) is 10.2 Å². The normalized spacial score (nSPS) is 18.5. The lowest BCUT2D eigenvalue weighted by atomic mass is 9.91. The van der Waals surface area contributed by atoms with Gasteiger partial charge < -0.3 is 20.1 Å². The largest absolute Gasteiger partial charge is 0.481 e. The summed E-state index contributed by atoms with van der Waals surface area (Å²) in [6.07, 6.45) is -0.215. The maximum absolute atomic E-state index is 14.3. The minimum atomic E-state index is -1.09. The average molecular weight is 570 g/mol. The number of carboxylic acids is 1. The molecule has 0 bridgehead atoms. The summed E-state index contributed by atoms with van der Waals surface area (Å²) >= 11 is 0. The highest BCUT2D eigenvalue weighted by Crippen LogP contribution is 2.34. The number of rotatable bonds is 6. The molecule has 1 unspecified atom stereocenters. The third kappa shape index (κ3) is 6.15. The van der Waals surface area contributed by atoms with E-state index in [0.717, 1.165) is 16.7 Å². The van der Waals surface area contributed by atoms with E-state index in [1.165, 1.54) is 4.90 Å². The van der Waals surface area contributed by atoms with E-state index in [1.54, 1.807) is 62.1 Å². The zero-order chi connectivity index (χ0) is 30.0. The molecule has 42 heavy (non-hydrogen) atoms. The molecule has 0 radical (unpaired) electrons. The van der Waals surface area contributed by atoms with E-state index in [1.807, 2.05) is 42.5 Å². The van der Waals surface area contributed by atoms with Gasteiger partial charge in [-0.25, -0.2) is 4.79 Å². The van der Waals surface area contributed by atoms with Crippen LogP contribution in [0.15, 0.2) is 78.9 Å². The van der Waals surface area contributed by atoms with Gasteiger partial charge in [0.25, 0.3) is 0 Å². The fourth-order valence-corrected chi connectivity index (χ4v) is 5.70. The predicted molar refractivity (Wildman–Crippen MR) is 157 cm³/mol. The number of fused-ring (bicyclic) bond motifs is 2. The molecule has 3 aromatic carbocycles. The Hall–Kier alpha value is -4.66. The van der Waals surface area contributed by atoms with Crippen LogP contribution in [0.5, 0.6) is 0 Å². The number of aliphatic carboxylic acids is 1. The van der Waals surface area contributed by atoms with E-state index in [-0.39, 0.29) is 19.4 Å². The first kappa shape index (κ1) is 28.9. The van der Waals surface area contributed by atoms with Crippen molar-refractivity contribution >= 4 is 29.6 Å². The SMILES string of the molecule is CC(C)(C)OC(=O)N1c2ccccc2C[C@@H]1C(=O)NC(C(=O)N1Cc2ccccc2C[C@@H]1CC(=O)O)c1ccccc1. The van der Waals surface area contributed by atoms with E-state index in [9.17, 15) is 24.3 Å². The summed E-state index contributed by atoms with van der Waals surface area (Å²) in [5.74, 6) is -1.92. The number of benzene rings is 3. The number of nitrogens with one attached hydrogen (secondary N) is 1. The fraction of sp³-hybridized carbons (Fsp3) is 0.333. The lowest BCUT2D eigenvalue weighted by Crippen LogP contribution is -2.54. The third-order valence-electron chi connectivity index (χ3n) is 7.58. The number of ether oxygens (including phenoxy) is 1. The second-order valence-corrected chi connectivity index (χ2v) is 11.7. The summed E-state index contributed by atoms with van der Waals surface area (Å²) in [5, 5.41) is 12.6. The Kier molecular flexibility index (Phi) is 8.02. The zero-order valence-electron chi connectivity index (χ0n) is 23.9. The molecular formula is C33H35N3O6. The number of hydrogen-bond acceptors (Lipinski definition) is 5. The highest BCUT2D eigenvalue weighted by molar-refractivity contribution is 6.02. The van der Waals surface area contributed by atoms with Crippen LogP contribution in [0.3, 0.4) is 0 Å². The minimum Gasteiger partial charge on any atom is -0.481 e. The quantitative estimate of drug-likeness (QED) is 0.447. The Bertz CT molecular complexity index is 1500. The number of amides is 3. The molecule has 0 aliphatic carbocycles. The molecule has 2 aliphatic heterocycles. The Morgan fingerprint density at radius 3 is 2.17 bits per heavy atom. The van der Waals surface area contributed by atoms with Crippen molar-refractivity contribution in [3.63, 3.8) is 0 Å². The first-order valence-corrected chi connectivity index (χ1v) is 14.1. The molecule has 3 aromatic rings. The van der Waals surface area contributed by atoms with Gasteiger partial charge in [-0.3, -0.25) is 19.3 Å². The van der Waals surface area contributed by atoms with Gasteiger partial charge in [0.15, 0.2) is 0 Å². The number of carboxylic acid groups (broad SMARTS) is 1. The average Bonchev–Trinajstić information content (AvgIpc) is 3.34. The van der Waals surface area contributed by atoms with Gasteiger partial charge in [0.05, 0.1) is 12.1 Å². The number of nitrogens with zero attached hydrogens (tertiary/aromatic N) is 2. The van der Waals surface area contributed by atoms with Crippen molar-refractivity contribution in [1.29, 1.82) is 0 Å². The molecule has 218 valence electrons. The molecule has 2 heterocycles. The summed E-state index contributed by atoms with van der Waals surface area (Å²) in [4.78, 5) is 56.3. The maximum atomic E-state index is 14.3. The summed E-state index contributed by atoms with van der Waals surface area (Å²) < 4.78 is 5.65. The zero-order valence-corrected chi connectivity index (χ0v) is 23.9. The van der Waals surface area contributed by atoms with E-state index >= 15 is 0 Å². The van der Waals surface area contributed by atoms with Gasteiger partial charge in [0.2, 0.25) is 11.8 Å². The maximum Gasteiger partial charge on any atom is 0.415 e. The van der Waals surface area contributed by atoms with Crippen LogP contribution in [0.4, 0.5) is 10.5 Å². The standard InChI is InChI=1S/C33H35N3O6/c1-33(2,3)42-32(41)36-26-16-10-9-14-23(26)18-27(36)30(39)34-29(21-11-5-4-6-12-21)31(40)35-20-24-15-8-7-13-22(24)17-25(35)19-28(37)38/h4-16,25,27,29H,17-20H2,1-3H3,(H,34,39)(H,37,38)/t25-,27-,29?/m1/s1. The van der Waals surface area contributed by atoms with Crippen molar-refractivity contribution in [2.45, 2.75) is 70.3 Å². The molecule has 0 spiro atoms. The topological polar surface area (TPSA) is 116 Å². The van der Waals surface area contributed by atoms with Crippen LogP contribution >= 0.6 is 0 Å². The summed E-state index contributed by atoms with van der Waals surface area (Å²) in [7, 11) is 0. The lowest BCUT2D eigenvalue weighted by molar-refractivity contribution is -0.144. The Morgan fingerprint density at radius 1 is 0.881 bits per heavy atom. The molecule has 5 rings (SSSR count). The molecule has 9 nitrogen and oxygen atoms in total. The number of carbonyl (C=O) groups is 4. The molecule has 3 atom stereocenters. The van der Waals surface area contributed by atoms with Crippen molar-refractivity contribution in [3.8, 4) is 0 Å².